The number of methoxy groups -OCH3 is 2. The summed E-state index contributed by atoms with van der Waals surface area (Å²) in [5.74, 6) is 0. The predicted octanol–water partition coefficient (Wildman–Crippen LogP) is 5.13. The molecule has 6 aromatic rings. The van der Waals surface area contributed by atoms with Crippen molar-refractivity contribution in [3.63, 3.8) is 0 Å². The van der Waals surface area contributed by atoms with E-state index >= 15 is 0 Å². The quantitative estimate of drug-likeness (QED) is 0.0819. The fourth-order valence-corrected chi connectivity index (χ4v) is 10.9. The van der Waals surface area contributed by atoms with Gasteiger partial charge in [-0.3, -0.25) is 0 Å². The molecule has 0 bridgehead atoms. The van der Waals surface area contributed by atoms with Crippen LogP contribution in [-0.4, -0.2) is 122 Å². The maximum atomic E-state index is 5.16. The van der Waals surface area contributed by atoms with Crippen LogP contribution in [0.2, 0.25) is 0 Å². The van der Waals surface area contributed by atoms with E-state index in [0.717, 1.165) is 13.2 Å². The summed E-state index contributed by atoms with van der Waals surface area (Å²) >= 11 is 0. The van der Waals surface area contributed by atoms with Crippen LogP contribution >= 0.6 is 0 Å². The maximum absolute atomic E-state index is 5.16. The molecule has 0 spiro atoms. The van der Waals surface area contributed by atoms with Gasteiger partial charge in [0.1, 0.15) is 0 Å². The van der Waals surface area contributed by atoms with Crippen LogP contribution in [0.4, 0.5) is 0 Å². The van der Waals surface area contributed by atoms with Gasteiger partial charge in [-0.05, 0) is 12.8 Å². The Labute approximate surface area is 369 Å². The zero-order valence-corrected chi connectivity index (χ0v) is 37.3. The average Bonchev–Trinajstić information content (AvgIpc) is 3.86. The Bertz CT molecular complexity index is 1430. The van der Waals surface area contributed by atoms with Gasteiger partial charge in [-0.2, -0.15) is 31.1 Å². The fourth-order valence-electron chi connectivity index (χ4n) is 5.75. The van der Waals surface area contributed by atoms with Crippen LogP contribution in [-0.2, 0) is 23.7 Å². The van der Waals surface area contributed by atoms with Crippen LogP contribution in [0.25, 0.3) is 0 Å². The first-order valence-electron chi connectivity index (χ1n) is 19.1. The van der Waals surface area contributed by atoms with Crippen molar-refractivity contribution in [1.82, 2.24) is 0 Å². The van der Waals surface area contributed by atoms with E-state index in [-0.39, 0.29) is 37.7 Å². The first-order chi connectivity index (χ1) is 27.3. The summed E-state index contributed by atoms with van der Waals surface area (Å²) in [4.78, 5) is 0. The third kappa shape index (κ3) is 18.4. The smallest absolute Gasteiger partial charge is 0.382 e. The van der Waals surface area contributed by atoms with Crippen LogP contribution in [0.1, 0.15) is 12.8 Å². The minimum Gasteiger partial charge on any atom is -0.382 e. The molecule has 5 nitrogen and oxygen atoms in total. The Morgan fingerprint density at radius 1 is 0.357 bits per heavy atom. The van der Waals surface area contributed by atoms with Crippen LogP contribution in [0, 0.1) is 0 Å². The molecule has 1 aliphatic rings. The molecule has 1 aliphatic heterocycles. The van der Waals surface area contributed by atoms with Gasteiger partial charge in [-0.1, -0.05) is 182 Å². The van der Waals surface area contributed by atoms with Crippen molar-refractivity contribution < 1.29 is 23.7 Å². The summed E-state index contributed by atoms with van der Waals surface area (Å²) in [6.45, 7) is 5.77. The zero-order chi connectivity index (χ0) is 38.4. The molecule has 7 rings (SSSR count). The second-order valence-electron chi connectivity index (χ2n) is 12.5. The van der Waals surface area contributed by atoms with Gasteiger partial charge in [-0.25, -0.2) is 17.6 Å². The van der Waals surface area contributed by atoms with Crippen molar-refractivity contribution >= 4 is 86.5 Å². The van der Waals surface area contributed by atoms with E-state index in [2.05, 4.69) is 182 Å². The number of hydrogen-bond donors (Lipinski definition) is 0. The molecular weight excluding hydrogens is 753 g/mol. The Morgan fingerprint density at radius 2 is 0.571 bits per heavy atom. The van der Waals surface area contributed by atoms with Gasteiger partial charge >= 0.3 is 37.7 Å². The summed E-state index contributed by atoms with van der Waals surface area (Å²) in [5.41, 5.74) is 0. The molecule has 8 heteroatoms. The number of ether oxygens (including phenoxy) is 5. The van der Waals surface area contributed by atoms with E-state index < -0.39 is 17.6 Å². The van der Waals surface area contributed by atoms with Gasteiger partial charge in [0.25, 0.3) is 0 Å². The minimum atomic E-state index is -0.877. The molecular formula is C48H56CaO5Si2. The van der Waals surface area contributed by atoms with E-state index in [1.165, 1.54) is 44.0 Å². The molecule has 0 radical (unpaired) electrons. The van der Waals surface area contributed by atoms with E-state index in [0.29, 0.717) is 39.6 Å². The summed E-state index contributed by atoms with van der Waals surface area (Å²) in [7, 11) is 1.55. The first kappa shape index (κ1) is 47.2. The molecule has 56 heavy (non-hydrogen) atoms. The van der Waals surface area contributed by atoms with Gasteiger partial charge in [0, 0.05) is 27.4 Å². The van der Waals surface area contributed by atoms with Gasteiger partial charge in [-0.15, -0.1) is 0 Å². The van der Waals surface area contributed by atoms with Crippen molar-refractivity contribution in [2.45, 2.75) is 12.8 Å². The molecule has 0 saturated carbocycles. The fraction of sp³-hybridized carbons (Fsp3) is 0.250. The van der Waals surface area contributed by atoms with Crippen LogP contribution in [0.5, 0.6) is 0 Å². The van der Waals surface area contributed by atoms with Gasteiger partial charge in [0.2, 0.25) is 0 Å². The van der Waals surface area contributed by atoms with Gasteiger partial charge in [0.15, 0.2) is 0 Å². The molecule has 0 atom stereocenters. The first-order valence-corrected chi connectivity index (χ1v) is 22.1. The topological polar surface area (TPSA) is 46.2 Å². The number of hydrogen-bond acceptors (Lipinski definition) is 5. The molecule has 1 heterocycles. The number of rotatable bonds is 15. The maximum Gasteiger partial charge on any atom is 2.00 e. The summed E-state index contributed by atoms with van der Waals surface area (Å²) < 4.78 is 24.9. The molecule has 1 fully saturated rings. The van der Waals surface area contributed by atoms with E-state index in [4.69, 9.17) is 23.7 Å². The van der Waals surface area contributed by atoms with Crippen molar-refractivity contribution in [3.8, 4) is 0 Å². The Hall–Kier alpha value is -3.19. The van der Waals surface area contributed by atoms with Gasteiger partial charge in [0.05, 0.1) is 39.6 Å². The van der Waals surface area contributed by atoms with Gasteiger partial charge < -0.3 is 23.7 Å². The van der Waals surface area contributed by atoms with Crippen molar-refractivity contribution in [2.75, 3.05) is 67.1 Å². The molecule has 0 N–H and O–H groups in total. The molecule has 0 aliphatic carbocycles. The minimum absolute atomic E-state index is 0. The normalized spacial score (nSPS) is 11.2. The Kier molecular flexibility index (Phi) is 26.0. The largest absolute Gasteiger partial charge is 2.00 e. The molecule has 0 aromatic heterocycles. The standard InChI is InChI=1S/2C18H15Si.C8H18O4.C4H8O.Ca/c2*1-4-10-16(11-5-1)19(17-12-6-2-7-13-17)18-14-8-3-9-15-18;1-9-3-5-11-7-8-12-6-4-10-2;1-2-4-5-3-1;/h2*1-15H;3-8H2,1-2H3;1-4H2;/q2*-1;;;+2. The Morgan fingerprint density at radius 3 is 0.750 bits per heavy atom. The second-order valence-corrected chi connectivity index (χ2v) is 17.4. The monoisotopic (exact) mass is 808 g/mol. The van der Waals surface area contributed by atoms with E-state index in [1.54, 1.807) is 14.2 Å². The van der Waals surface area contributed by atoms with E-state index in [9.17, 15) is 0 Å². The van der Waals surface area contributed by atoms with E-state index in [1.807, 2.05) is 0 Å². The van der Waals surface area contributed by atoms with Crippen molar-refractivity contribution in [2.24, 2.45) is 0 Å². The molecule has 0 amide bonds. The van der Waals surface area contributed by atoms with Crippen LogP contribution in [0.15, 0.2) is 182 Å². The molecule has 1 saturated heterocycles. The van der Waals surface area contributed by atoms with Crippen LogP contribution in [0.3, 0.4) is 0 Å². The summed E-state index contributed by atoms with van der Waals surface area (Å²) in [6, 6.07) is 65.0. The molecule has 288 valence electrons. The Balaban J connectivity index is 0.000000215. The predicted molar refractivity (Wildman–Crippen MR) is 239 cm³/mol. The summed E-state index contributed by atoms with van der Waals surface area (Å²) in [6.07, 6.45) is 2.56. The third-order valence-corrected chi connectivity index (χ3v) is 13.9. The second kappa shape index (κ2) is 30.9. The average molecular weight is 809 g/mol. The van der Waals surface area contributed by atoms with Crippen molar-refractivity contribution in [3.05, 3.63) is 182 Å². The SMILES string of the molecule is C1CCOC1.COCCOCCOCCOC.[Ca+2].c1ccc([Si-](c2ccccc2)c2ccccc2)cc1.c1ccc([Si-](c2ccccc2)c2ccccc2)cc1. The molecule has 0 unspecified atom stereocenters. The van der Waals surface area contributed by atoms with Crippen molar-refractivity contribution in [1.29, 1.82) is 0 Å². The summed E-state index contributed by atoms with van der Waals surface area (Å²) in [5, 5.41) is 8.61. The van der Waals surface area contributed by atoms with Crippen LogP contribution < -0.4 is 31.1 Å². The zero-order valence-electron chi connectivity index (χ0n) is 33.1. The molecule has 6 aromatic carbocycles. The third-order valence-electron chi connectivity index (χ3n) is 8.44. The number of benzene rings is 6.